The van der Waals surface area contributed by atoms with Crippen molar-refractivity contribution >= 4 is 11.6 Å². The van der Waals surface area contributed by atoms with Crippen LogP contribution in [0.1, 0.15) is 18.4 Å². The summed E-state index contributed by atoms with van der Waals surface area (Å²) in [5.41, 5.74) is 6.64. The van der Waals surface area contributed by atoms with E-state index in [1.54, 1.807) is 12.1 Å². The van der Waals surface area contributed by atoms with Gasteiger partial charge in [0.15, 0.2) is 0 Å². The van der Waals surface area contributed by atoms with E-state index in [-0.39, 0.29) is 11.2 Å². The van der Waals surface area contributed by atoms with Crippen LogP contribution in [0.2, 0.25) is 5.02 Å². The maximum atomic E-state index is 9.66. The van der Waals surface area contributed by atoms with E-state index >= 15 is 0 Å². The van der Waals surface area contributed by atoms with Gasteiger partial charge in [0.1, 0.15) is 5.75 Å². The molecule has 2 nitrogen and oxygen atoms in total. The smallest absolute Gasteiger partial charge is 0.120 e. The lowest BCUT2D eigenvalue weighted by Crippen LogP contribution is -2.19. The van der Waals surface area contributed by atoms with Crippen molar-refractivity contribution in [3.63, 3.8) is 0 Å². The lowest BCUT2D eigenvalue weighted by molar-refractivity contribution is 0.459. The Bertz CT molecular complexity index is 334. The largest absolute Gasteiger partial charge is 0.508 e. The van der Waals surface area contributed by atoms with E-state index in [2.05, 4.69) is 0 Å². The van der Waals surface area contributed by atoms with Crippen molar-refractivity contribution in [1.82, 2.24) is 0 Å². The molecule has 1 aliphatic rings. The van der Waals surface area contributed by atoms with Crippen molar-refractivity contribution in [2.24, 2.45) is 5.73 Å². The first-order chi connectivity index (χ1) is 6.18. The van der Waals surface area contributed by atoms with Gasteiger partial charge in [-0.2, -0.15) is 0 Å². The van der Waals surface area contributed by atoms with Gasteiger partial charge in [0, 0.05) is 22.5 Å². The highest BCUT2D eigenvalue weighted by atomic mass is 35.5. The summed E-state index contributed by atoms with van der Waals surface area (Å²) in [6.45, 7) is 0.599. The second kappa shape index (κ2) is 2.89. The highest BCUT2D eigenvalue weighted by molar-refractivity contribution is 6.30. The van der Waals surface area contributed by atoms with Gasteiger partial charge in [0.05, 0.1) is 0 Å². The van der Waals surface area contributed by atoms with Gasteiger partial charge in [0.25, 0.3) is 0 Å². The molecule has 3 heteroatoms. The zero-order chi connectivity index (χ0) is 9.47. The molecule has 0 spiro atoms. The summed E-state index contributed by atoms with van der Waals surface area (Å²) in [6, 6.07) is 5.25. The average molecular weight is 198 g/mol. The molecule has 0 atom stereocenters. The Hall–Kier alpha value is -0.730. The molecule has 1 aromatic carbocycles. The van der Waals surface area contributed by atoms with Crippen molar-refractivity contribution in [1.29, 1.82) is 0 Å². The molecule has 0 aromatic heterocycles. The molecular weight excluding hydrogens is 186 g/mol. The van der Waals surface area contributed by atoms with Crippen molar-refractivity contribution in [2.45, 2.75) is 18.3 Å². The number of hydrogen-bond acceptors (Lipinski definition) is 2. The van der Waals surface area contributed by atoms with Crippen LogP contribution in [0.25, 0.3) is 0 Å². The van der Waals surface area contributed by atoms with Gasteiger partial charge < -0.3 is 10.8 Å². The molecule has 13 heavy (non-hydrogen) atoms. The summed E-state index contributed by atoms with van der Waals surface area (Å²) in [5, 5.41) is 10.2. The van der Waals surface area contributed by atoms with Gasteiger partial charge in [-0.1, -0.05) is 17.7 Å². The molecule has 0 bridgehead atoms. The van der Waals surface area contributed by atoms with Crippen LogP contribution in [0.3, 0.4) is 0 Å². The second-order valence-corrected chi connectivity index (χ2v) is 4.08. The fraction of sp³-hybridized carbons (Fsp3) is 0.400. The number of hydrogen-bond donors (Lipinski definition) is 2. The first kappa shape index (κ1) is 8.85. The third-order valence-corrected chi connectivity index (χ3v) is 3.01. The predicted octanol–water partition coefficient (Wildman–Crippen LogP) is 2.04. The quantitative estimate of drug-likeness (QED) is 0.762. The topological polar surface area (TPSA) is 46.2 Å². The SMILES string of the molecule is NCC1(c2ccc(Cl)cc2O)CC1. The Morgan fingerprint density at radius 1 is 1.46 bits per heavy atom. The summed E-state index contributed by atoms with van der Waals surface area (Å²) in [5.74, 6) is 0.274. The minimum Gasteiger partial charge on any atom is -0.508 e. The Morgan fingerprint density at radius 3 is 2.62 bits per heavy atom. The minimum atomic E-state index is 0.0364. The van der Waals surface area contributed by atoms with Gasteiger partial charge in [0.2, 0.25) is 0 Å². The number of benzene rings is 1. The van der Waals surface area contributed by atoms with Gasteiger partial charge in [-0.15, -0.1) is 0 Å². The number of rotatable bonds is 2. The Kier molecular flexibility index (Phi) is 1.97. The van der Waals surface area contributed by atoms with Gasteiger partial charge in [-0.25, -0.2) is 0 Å². The van der Waals surface area contributed by atoms with Crippen LogP contribution < -0.4 is 5.73 Å². The molecular formula is C10H12ClNO. The van der Waals surface area contributed by atoms with E-state index in [9.17, 15) is 5.11 Å². The van der Waals surface area contributed by atoms with Crippen molar-refractivity contribution in [3.8, 4) is 5.75 Å². The molecule has 1 aliphatic carbocycles. The zero-order valence-electron chi connectivity index (χ0n) is 7.26. The van der Waals surface area contributed by atoms with Crippen LogP contribution in [0.4, 0.5) is 0 Å². The van der Waals surface area contributed by atoms with E-state index in [0.29, 0.717) is 11.6 Å². The summed E-state index contributed by atoms with van der Waals surface area (Å²) in [6.07, 6.45) is 2.14. The normalized spacial score (nSPS) is 18.6. The molecule has 70 valence electrons. The molecule has 1 saturated carbocycles. The summed E-state index contributed by atoms with van der Waals surface area (Å²) in [7, 11) is 0. The fourth-order valence-corrected chi connectivity index (χ4v) is 1.85. The predicted molar refractivity (Wildman–Crippen MR) is 53.1 cm³/mol. The highest BCUT2D eigenvalue weighted by Gasteiger charge is 2.44. The molecule has 1 aromatic rings. The lowest BCUT2D eigenvalue weighted by Gasteiger charge is -2.14. The van der Waals surface area contributed by atoms with E-state index in [1.165, 1.54) is 0 Å². The van der Waals surface area contributed by atoms with Gasteiger partial charge in [-0.3, -0.25) is 0 Å². The molecule has 0 aliphatic heterocycles. The van der Waals surface area contributed by atoms with Crippen LogP contribution in [0.15, 0.2) is 18.2 Å². The molecule has 0 amide bonds. The van der Waals surface area contributed by atoms with E-state index in [1.807, 2.05) is 6.07 Å². The zero-order valence-corrected chi connectivity index (χ0v) is 8.01. The summed E-state index contributed by atoms with van der Waals surface area (Å²) in [4.78, 5) is 0. The molecule has 1 fully saturated rings. The number of aromatic hydroxyl groups is 1. The van der Waals surface area contributed by atoms with Crippen molar-refractivity contribution in [2.75, 3.05) is 6.54 Å². The van der Waals surface area contributed by atoms with E-state index in [0.717, 1.165) is 18.4 Å². The molecule has 2 rings (SSSR count). The first-order valence-corrected chi connectivity index (χ1v) is 4.75. The molecule has 0 unspecified atom stereocenters. The lowest BCUT2D eigenvalue weighted by atomic mass is 9.95. The maximum absolute atomic E-state index is 9.66. The Morgan fingerprint density at radius 2 is 2.15 bits per heavy atom. The highest BCUT2D eigenvalue weighted by Crippen LogP contribution is 2.50. The minimum absolute atomic E-state index is 0.0364. The van der Waals surface area contributed by atoms with Crippen LogP contribution in [-0.4, -0.2) is 11.7 Å². The van der Waals surface area contributed by atoms with Gasteiger partial charge >= 0.3 is 0 Å². The van der Waals surface area contributed by atoms with Crippen LogP contribution >= 0.6 is 11.6 Å². The third kappa shape index (κ3) is 1.40. The Labute approximate surface area is 82.3 Å². The monoisotopic (exact) mass is 197 g/mol. The third-order valence-electron chi connectivity index (χ3n) is 2.78. The molecule has 3 N–H and O–H groups in total. The van der Waals surface area contributed by atoms with Crippen molar-refractivity contribution < 1.29 is 5.11 Å². The standard InChI is InChI=1S/C10H12ClNO/c11-7-1-2-8(9(13)5-7)10(6-12)3-4-10/h1-2,5,13H,3-4,6,12H2. The summed E-state index contributed by atoms with van der Waals surface area (Å²) >= 11 is 5.74. The van der Waals surface area contributed by atoms with E-state index in [4.69, 9.17) is 17.3 Å². The maximum Gasteiger partial charge on any atom is 0.120 e. The average Bonchev–Trinajstić information content (AvgIpc) is 2.85. The van der Waals surface area contributed by atoms with E-state index < -0.39 is 0 Å². The van der Waals surface area contributed by atoms with Gasteiger partial charge in [-0.05, 0) is 25.0 Å². The first-order valence-electron chi connectivity index (χ1n) is 4.37. The molecule has 0 saturated heterocycles. The molecule has 0 heterocycles. The number of phenols is 1. The Balaban J connectivity index is 2.41. The summed E-state index contributed by atoms with van der Waals surface area (Å²) < 4.78 is 0. The fourth-order valence-electron chi connectivity index (χ4n) is 1.69. The van der Waals surface area contributed by atoms with Crippen LogP contribution in [0.5, 0.6) is 5.75 Å². The van der Waals surface area contributed by atoms with Crippen molar-refractivity contribution in [3.05, 3.63) is 28.8 Å². The number of halogens is 1. The van der Waals surface area contributed by atoms with Crippen LogP contribution in [-0.2, 0) is 5.41 Å². The molecule has 0 radical (unpaired) electrons. The number of phenolic OH excluding ortho intramolecular Hbond substituents is 1. The second-order valence-electron chi connectivity index (χ2n) is 3.65. The number of nitrogens with two attached hydrogens (primary N) is 1. The van der Waals surface area contributed by atoms with Crippen LogP contribution in [0, 0.1) is 0 Å².